The van der Waals surface area contributed by atoms with Gasteiger partial charge in [0.05, 0.1) is 5.69 Å². The topological polar surface area (TPSA) is 55.1 Å². The summed E-state index contributed by atoms with van der Waals surface area (Å²) in [5.74, 6) is 0.867. The molecule has 1 aromatic carbocycles. The van der Waals surface area contributed by atoms with Gasteiger partial charge in [-0.15, -0.1) is 11.8 Å². The molecule has 0 spiro atoms. The molecule has 0 saturated carbocycles. The highest BCUT2D eigenvalue weighted by Gasteiger charge is 2.10. The van der Waals surface area contributed by atoms with Crippen LogP contribution in [-0.4, -0.2) is 23.4 Å². The number of carbonyl (C=O) groups excluding carboxylic acids is 1. The second-order valence-electron chi connectivity index (χ2n) is 4.68. The number of benzene rings is 1. The Morgan fingerprint density at radius 1 is 1.25 bits per heavy atom. The largest absolute Gasteiger partial charge is 0.351 e. The number of thioether (sulfide) groups is 1. The normalized spacial score (nSPS) is 10.6. The Kier molecular flexibility index (Phi) is 4.84. The Morgan fingerprint density at radius 2 is 2.05 bits per heavy atom. The minimum absolute atomic E-state index is 0.216. The van der Waals surface area contributed by atoms with Gasteiger partial charge in [0.15, 0.2) is 0 Å². The van der Waals surface area contributed by atoms with E-state index in [0.29, 0.717) is 12.2 Å². The number of aromatic nitrogens is 1. The van der Waals surface area contributed by atoms with Crippen molar-refractivity contribution in [1.29, 1.82) is 0 Å². The van der Waals surface area contributed by atoms with Crippen molar-refractivity contribution < 1.29 is 9.32 Å². The third-order valence-corrected chi connectivity index (χ3v) is 3.98. The van der Waals surface area contributed by atoms with E-state index in [1.807, 2.05) is 0 Å². The number of rotatable bonds is 5. The molecule has 1 aromatic heterocycles. The predicted molar refractivity (Wildman–Crippen MR) is 80.2 cm³/mol. The Morgan fingerprint density at radius 3 is 2.70 bits per heavy atom. The van der Waals surface area contributed by atoms with Crippen LogP contribution >= 0.6 is 11.8 Å². The van der Waals surface area contributed by atoms with Gasteiger partial charge in [-0.3, -0.25) is 4.79 Å². The van der Waals surface area contributed by atoms with Crippen LogP contribution in [0.5, 0.6) is 0 Å². The van der Waals surface area contributed by atoms with E-state index in [4.69, 9.17) is 4.52 Å². The van der Waals surface area contributed by atoms with Gasteiger partial charge in [-0.25, -0.2) is 0 Å². The summed E-state index contributed by atoms with van der Waals surface area (Å²) in [6.45, 7) is 6.59. The monoisotopic (exact) mass is 290 g/mol. The second-order valence-corrected chi connectivity index (χ2v) is 5.85. The Labute approximate surface area is 122 Å². The van der Waals surface area contributed by atoms with E-state index >= 15 is 0 Å². The number of amides is 1. The highest BCUT2D eigenvalue weighted by Crippen LogP contribution is 2.20. The summed E-state index contributed by atoms with van der Waals surface area (Å²) in [6.07, 6.45) is 0. The maximum Gasteiger partial charge on any atom is 0.289 e. The first-order valence-electron chi connectivity index (χ1n) is 6.48. The van der Waals surface area contributed by atoms with Crippen molar-refractivity contribution in [2.75, 3.05) is 12.3 Å². The number of aryl methyl sites for hydroxylation is 3. The molecule has 0 bridgehead atoms. The van der Waals surface area contributed by atoms with Crippen molar-refractivity contribution in [2.45, 2.75) is 25.7 Å². The summed E-state index contributed by atoms with van der Waals surface area (Å²) in [4.78, 5) is 12.9. The summed E-state index contributed by atoms with van der Waals surface area (Å²) >= 11 is 1.72. The first kappa shape index (κ1) is 14.7. The summed E-state index contributed by atoms with van der Waals surface area (Å²) in [5, 5.41) is 6.51. The van der Waals surface area contributed by atoms with Crippen molar-refractivity contribution in [2.24, 2.45) is 0 Å². The molecule has 0 unspecified atom stereocenters. The molecular weight excluding hydrogens is 272 g/mol. The van der Waals surface area contributed by atoms with Crippen LogP contribution in [0.3, 0.4) is 0 Å². The van der Waals surface area contributed by atoms with Crippen LogP contribution in [-0.2, 0) is 0 Å². The van der Waals surface area contributed by atoms with E-state index in [9.17, 15) is 4.79 Å². The van der Waals surface area contributed by atoms with Gasteiger partial charge in [0.2, 0.25) is 5.76 Å². The van der Waals surface area contributed by atoms with Crippen LogP contribution in [0.25, 0.3) is 0 Å². The molecule has 1 amide bonds. The van der Waals surface area contributed by atoms with Gasteiger partial charge >= 0.3 is 0 Å². The maximum absolute atomic E-state index is 11.7. The smallest absolute Gasteiger partial charge is 0.289 e. The third kappa shape index (κ3) is 3.87. The molecule has 0 aliphatic heterocycles. The zero-order valence-corrected chi connectivity index (χ0v) is 12.7. The molecule has 5 heteroatoms. The summed E-state index contributed by atoms with van der Waals surface area (Å²) in [7, 11) is 0. The zero-order valence-electron chi connectivity index (χ0n) is 11.9. The highest BCUT2D eigenvalue weighted by molar-refractivity contribution is 7.99. The minimum Gasteiger partial charge on any atom is -0.351 e. The SMILES string of the molecule is Cc1cc(C(=O)NCCSc2ccc(C)c(C)c2)on1. The molecule has 106 valence electrons. The molecule has 0 radical (unpaired) electrons. The molecule has 0 aliphatic carbocycles. The molecule has 1 N–H and O–H groups in total. The molecule has 1 heterocycles. The number of nitrogens with one attached hydrogen (secondary N) is 1. The van der Waals surface area contributed by atoms with E-state index in [1.165, 1.54) is 16.0 Å². The summed E-state index contributed by atoms with van der Waals surface area (Å²) in [6, 6.07) is 8.02. The van der Waals surface area contributed by atoms with E-state index in [-0.39, 0.29) is 11.7 Å². The minimum atomic E-state index is -0.216. The van der Waals surface area contributed by atoms with Gasteiger partial charge in [0, 0.05) is 23.3 Å². The summed E-state index contributed by atoms with van der Waals surface area (Å²) in [5.41, 5.74) is 3.29. The van der Waals surface area contributed by atoms with Crippen molar-refractivity contribution in [3.63, 3.8) is 0 Å². The average molecular weight is 290 g/mol. The first-order valence-corrected chi connectivity index (χ1v) is 7.46. The molecule has 0 atom stereocenters. The van der Waals surface area contributed by atoms with Crippen molar-refractivity contribution in [3.05, 3.63) is 46.8 Å². The fraction of sp³-hybridized carbons (Fsp3) is 0.333. The molecule has 2 rings (SSSR count). The first-order chi connectivity index (χ1) is 9.56. The van der Waals surface area contributed by atoms with Crippen LogP contribution in [0.15, 0.2) is 33.7 Å². The Balaban J connectivity index is 1.76. The molecule has 0 aliphatic rings. The van der Waals surface area contributed by atoms with Gasteiger partial charge in [0.25, 0.3) is 5.91 Å². The van der Waals surface area contributed by atoms with Crippen molar-refractivity contribution in [3.8, 4) is 0 Å². The highest BCUT2D eigenvalue weighted by atomic mass is 32.2. The van der Waals surface area contributed by atoms with Crippen LogP contribution in [0.1, 0.15) is 27.4 Å². The number of hydrogen-bond donors (Lipinski definition) is 1. The lowest BCUT2D eigenvalue weighted by Crippen LogP contribution is -2.25. The molecular formula is C15H18N2O2S. The average Bonchev–Trinajstić information content (AvgIpc) is 2.85. The zero-order chi connectivity index (χ0) is 14.5. The number of hydrogen-bond acceptors (Lipinski definition) is 4. The van der Waals surface area contributed by atoms with Crippen molar-refractivity contribution in [1.82, 2.24) is 10.5 Å². The Bertz CT molecular complexity index is 608. The van der Waals surface area contributed by atoms with Crippen LogP contribution < -0.4 is 5.32 Å². The quantitative estimate of drug-likeness (QED) is 0.679. The van der Waals surface area contributed by atoms with E-state index in [1.54, 1.807) is 24.8 Å². The Hall–Kier alpha value is -1.75. The fourth-order valence-corrected chi connectivity index (χ4v) is 2.56. The standard InChI is InChI=1S/C15H18N2O2S/c1-10-4-5-13(8-11(10)2)20-7-6-16-15(18)14-9-12(3)17-19-14/h4-5,8-9H,6-7H2,1-3H3,(H,16,18). The predicted octanol–water partition coefficient (Wildman–Crippen LogP) is 3.12. The van der Waals surface area contributed by atoms with Crippen molar-refractivity contribution >= 4 is 17.7 Å². The molecule has 20 heavy (non-hydrogen) atoms. The molecule has 0 fully saturated rings. The lowest BCUT2D eigenvalue weighted by Gasteiger charge is -2.05. The van der Waals surface area contributed by atoms with Gasteiger partial charge < -0.3 is 9.84 Å². The maximum atomic E-state index is 11.7. The lowest BCUT2D eigenvalue weighted by atomic mass is 10.1. The molecule has 4 nitrogen and oxygen atoms in total. The lowest BCUT2D eigenvalue weighted by molar-refractivity contribution is 0.0919. The number of nitrogens with zero attached hydrogens (tertiary/aromatic N) is 1. The van der Waals surface area contributed by atoms with Crippen LogP contribution in [0.2, 0.25) is 0 Å². The van der Waals surface area contributed by atoms with Gasteiger partial charge in [-0.1, -0.05) is 11.2 Å². The molecule has 2 aromatic rings. The van der Waals surface area contributed by atoms with Gasteiger partial charge in [0.1, 0.15) is 0 Å². The fourth-order valence-electron chi connectivity index (χ4n) is 1.69. The van der Waals surface area contributed by atoms with Crippen LogP contribution in [0, 0.1) is 20.8 Å². The molecule has 0 saturated heterocycles. The number of carbonyl (C=O) groups is 1. The van der Waals surface area contributed by atoms with Gasteiger partial charge in [-0.2, -0.15) is 0 Å². The van der Waals surface area contributed by atoms with E-state index in [0.717, 1.165) is 5.75 Å². The van der Waals surface area contributed by atoms with E-state index in [2.05, 4.69) is 42.5 Å². The third-order valence-electron chi connectivity index (χ3n) is 2.99. The van der Waals surface area contributed by atoms with Crippen LogP contribution in [0.4, 0.5) is 0 Å². The van der Waals surface area contributed by atoms with E-state index < -0.39 is 0 Å². The van der Waals surface area contributed by atoms with Gasteiger partial charge in [-0.05, 0) is 44.0 Å². The second kappa shape index (κ2) is 6.61. The summed E-state index contributed by atoms with van der Waals surface area (Å²) < 4.78 is 4.90.